The number of nitrogens with one attached hydrogen (secondary N) is 1. The Morgan fingerprint density at radius 2 is 2.23 bits per heavy atom. The van der Waals surface area contributed by atoms with Gasteiger partial charge in [-0.3, -0.25) is 9.78 Å². The molecule has 22 heavy (non-hydrogen) atoms. The summed E-state index contributed by atoms with van der Waals surface area (Å²) in [6.45, 7) is 1.66. The average molecular weight is 299 g/mol. The molecule has 0 bridgehead atoms. The summed E-state index contributed by atoms with van der Waals surface area (Å²) in [7, 11) is 0. The van der Waals surface area contributed by atoms with Crippen LogP contribution in [0, 0.1) is 0 Å². The van der Waals surface area contributed by atoms with Gasteiger partial charge in [0, 0.05) is 37.4 Å². The maximum atomic E-state index is 12.0. The zero-order valence-corrected chi connectivity index (χ0v) is 12.5. The molecule has 116 valence electrons. The number of carbonyl (C=O) groups is 1. The number of nitrogens with zero attached hydrogens (tertiary/aromatic N) is 1. The van der Waals surface area contributed by atoms with E-state index in [-0.39, 0.29) is 5.91 Å². The van der Waals surface area contributed by atoms with Gasteiger partial charge in [0.1, 0.15) is 0 Å². The van der Waals surface area contributed by atoms with E-state index in [2.05, 4.69) is 16.4 Å². The van der Waals surface area contributed by atoms with Crippen molar-refractivity contribution in [2.45, 2.75) is 24.8 Å². The number of benzene rings is 1. The van der Waals surface area contributed by atoms with Crippen LogP contribution in [0.15, 0.2) is 36.7 Å². The molecular weight excluding hydrogens is 278 g/mol. The van der Waals surface area contributed by atoms with Crippen molar-refractivity contribution >= 4 is 16.7 Å². The maximum absolute atomic E-state index is 12.0. The first-order chi connectivity index (χ1) is 10.7. The number of hydrogen-bond donors (Lipinski definition) is 2. The zero-order chi connectivity index (χ0) is 15.4. The van der Waals surface area contributed by atoms with Gasteiger partial charge in [-0.25, -0.2) is 0 Å². The molecule has 5 heteroatoms. The van der Waals surface area contributed by atoms with E-state index < -0.39 is 5.54 Å². The monoisotopic (exact) mass is 299 g/mol. The number of nitrogens with two attached hydrogens (primary N) is 1. The van der Waals surface area contributed by atoms with Crippen LogP contribution in [0.25, 0.3) is 10.8 Å². The summed E-state index contributed by atoms with van der Waals surface area (Å²) >= 11 is 0. The van der Waals surface area contributed by atoms with Crippen molar-refractivity contribution in [1.82, 2.24) is 10.3 Å². The van der Waals surface area contributed by atoms with Crippen molar-refractivity contribution in [1.29, 1.82) is 0 Å². The average Bonchev–Trinajstić information content (AvgIpc) is 2.98. The minimum atomic E-state index is -0.406. The minimum Gasteiger partial charge on any atom is -0.379 e. The van der Waals surface area contributed by atoms with Gasteiger partial charge in [-0.2, -0.15) is 0 Å². The number of ether oxygens (including phenoxy) is 1. The Morgan fingerprint density at radius 3 is 3.05 bits per heavy atom. The molecule has 2 heterocycles. The van der Waals surface area contributed by atoms with Crippen LogP contribution in [-0.2, 0) is 16.0 Å². The Bertz CT molecular complexity index is 661. The molecular formula is C17H21N3O2. The van der Waals surface area contributed by atoms with Crippen molar-refractivity contribution in [3.8, 4) is 0 Å². The summed E-state index contributed by atoms with van der Waals surface area (Å²) in [6.07, 6.45) is 5.59. The first-order valence-corrected chi connectivity index (χ1v) is 7.61. The minimum absolute atomic E-state index is 0.0182. The number of hydrogen-bond acceptors (Lipinski definition) is 4. The van der Waals surface area contributed by atoms with Gasteiger partial charge in [-0.1, -0.05) is 24.3 Å². The third-order valence-corrected chi connectivity index (χ3v) is 4.14. The summed E-state index contributed by atoms with van der Waals surface area (Å²) in [6, 6.07) is 8.09. The number of aryl methyl sites for hydroxylation is 1. The summed E-state index contributed by atoms with van der Waals surface area (Å²) in [5, 5.41) is 5.18. The standard InChI is InChI=1S/C17H21N3O2/c18-17(7-8-22-12-17)11-20-16(21)6-5-14-10-19-9-13-3-1-2-4-15(13)14/h1-4,9-10H,5-8,11-12,18H2,(H,20,21). The van der Waals surface area contributed by atoms with Crippen LogP contribution in [0.1, 0.15) is 18.4 Å². The van der Waals surface area contributed by atoms with Gasteiger partial charge in [-0.15, -0.1) is 0 Å². The van der Waals surface area contributed by atoms with E-state index in [1.54, 1.807) is 0 Å². The Morgan fingerprint density at radius 1 is 1.36 bits per heavy atom. The number of aromatic nitrogens is 1. The van der Waals surface area contributed by atoms with Gasteiger partial charge in [-0.05, 0) is 23.8 Å². The van der Waals surface area contributed by atoms with E-state index in [0.29, 0.717) is 32.6 Å². The van der Waals surface area contributed by atoms with E-state index in [4.69, 9.17) is 10.5 Å². The van der Waals surface area contributed by atoms with Gasteiger partial charge >= 0.3 is 0 Å². The van der Waals surface area contributed by atoms with Gasteiger partial charge in [0.25, 0.3) is 0 Å². The third kappa shape index (κ3) is 3.43. The van der Waals surface area contributed by atoms with Crippen molar-refractivity contribution in [2.75, 3.05) is 19.8 Å². The van der Waals surface area contributed by atoms with Crippen LogP contribution in [0.4, 0.5) is 0 Å². The van der Waals surface area contributed by atoms with Crippen LogP contribution in [0.2, 0.25) is 0 Å². The molecule has 1 atom stereocenters. The molecule has 1 aliphatic heterocycles. The molecule has 1 fully saturated rings. The molecule has 1 amide bonds. The van der Waals surface area contributed by atoms with E-state index in [1.165, 1.54) is 0 Å². The van der Waals surface area contributed by atoms with Crippen LogP contribution in [0.3, 0.4) is 0 Å². The number of pyridine rings is 1. The summed E-state index contributed by atoms with van der Waals surface area (Å²) in [4.78, 5) is 16.3. The molecule has 0 spiro atoms. The molecule has 1 aromatic heterocycles. The first-order valence-electron chi connectivity index (χ1n) is 7.61. The number of amides is 1. The number of fused-ring (bicyclic) bond motifs is 1. The van der Waals surface area contributed by atoms with Crippen molar-refractivity contribution in [3.63, 3.8) is 0 Å². The first kappa shape index (κ1) is 14.9. The molecule has 0 aliphatic carbocycles. The van der Waals surface area contributed by atoms with E-state index >= 15 is 0 Å². The largest absolute Gasteiger partial charge is 0.379 e. The third-order valence-electron chi connectivity index (χ3n) is 4.14. The Balaban J connectivity index is 1.56. The fourth-order valence-corrected chi connectivity index (χ4v) is 2.75. The van der Waals surface area contributed by atoms with Gasteiger partial charge < -0.3 is 15.8 Å². The molecule has 5 nitrogen and oxygen atoms in total. The number of rotatable bonds is 5. The molecule has 2 aromatic rings. The molecule has 1 unspecified atom stereocenters. The molecule has 1 aliphatic rings. The normalized spacial score (nSPS) is 21.1. The highest BCUT2D eigenvalue weighted by molar-refractivity contribution is 5.85. The van der Waals surface area contributed by atoms with Crippen molar-refractivity contribution in [2.24, 2.45) is 5.73 Å². The van der Waals surface area contributed by atoms with Gasteiger partial charge in [0.05, 0.1) is 12.1 Å². The highest BCUT2D eigenvalue weighted by Gasteiger charge is 2.30. The zero-order valence-electron chi connectivity index (χ0n) is 12.5. The number of carbonyl (C=O) groups excluding carboxylic acids is 1. The molecule has 1 saturated heterocycles. The highest BCUT2D eigenvalue weighted by atomic mass is 16.5. The second kappa shape index (κ2) is 6.42. The predicted octanol–water partition coefficient (Wildman–Crippen LogP) is 1.40. The maximum Gasteiger partial charge on any atom is 0.220 e. The SMILES string of the molecule is NC1(CNC(=O)CCc2cncc3ccccc23)CCOC1. The lowest BCUT2D eigenvalue weighted by Crippen LogP contribution is -2.50. The van der Waals surface area contributed by atoms with Crippen LogP contribution < -0.4 is 11.1 Å². The van der Waals surface area contributed by atoms with Crippen LogP contribution in [-0.4, -0.2) is 36.2 Å². The lowest BCUT2D eigenvalue weighted by atomic mass is 10.00. The van der Waals surface area contributed by atoms with Crippen molar-refractivity contribution < 1.29 is 9.53 Å². The Labute approximate surface area is 129 Å². The molecule has 3 rings (SSSR count). The second-order valence-corrected chi connectivity index (χ2v) is 5.96. The molecule has 0 saturated carbocycles. The Kier molecular flexibility index (Phi) is 4.36. The predicted molar refractivity (Wildman–Crippen MR) is 85.4 cm³/mol. The summed E-state index contributed by atoms with van der Waals surface area (Å²) in [5.74, 6) is 0.0182. The topological polar surface area (TPSA) is 77.2 Å². The van der Waals surface area contributed by atoms with Crippen molar-refractivity contribution in [3.05, 3.63) is 42.2 Å². The Hall–Kier alpha value is -1.98. The second-order valence-electron chi connectivity index (χ2n) is 5.96. The fraction of sp³-hybridized carbons (Fsp3) is 0.412. The fourth-order valence-electron chi connectivity index (χ4n) is 2.75. The van der Waals surface area contributed by atoms with Crippen LogP contribution >= 0.6 is 0 Å². The molecule has 3 N–H and O–H groups in total. The summed E-state index contributed by atoms with van der Waals surface area (Å²) < 4.78 is 5.29. The van der Waals surface area contributed by atoms with E-state index in [1.807, 2.05) is 30.6 Å². The van der Waals surface area contributed by atoms with Gasteiger partial charge in [0.2, 0.25) is 5.91 Å². The van der Waals surface area contributed by atoms with Gasteiger partial charge in [0.15, 0.2) is 0 Å². The highest BCUT2D eigenvalue weighted by Crippen LogP contribution is 2.18. The van der Waals surface area contributed by atoms with E-state index in [0.717, 1.165) is 22.8 Å². The van der Waals surface area contributed by atoms with E-state index in [9.17, 15) is 4.79 Å². The smallest absolute Gasteiger partial charge is 0.220 e. The summed E-state index contributed by atoms with van der Waals surface area (Å²) in [5.41, 5.74) is 6.83. The molecule has 0 radical (unpaired) electrons. The van der Waals surface area contributed by atoms with Crippen LogP contribution in [0.5, 0.6) is 0 Å². The quantitative estimate of drug-likeness (QED) is 0.875. The lowest BCUT2D eigenvalue weighted by Gasteiger charge is -2.21. The lowest BCUT2D eigenvalue weighted by molar-refractivity contribution is -0.121. The molecule has 1 aromatic carbocycles.